The maximum Gasteiger partial charge on any atom is 0.306 e. The van der Waals surface area contributed by atoms with Gasteiger partial charge < -0.3 is 14.6 Å². The molecule has 1 atom stereocenters. The van der Waals surface area contributed by atoms with Crippen molar-refractivity contribution in [3.63, 3.8) is 0 Å². The highest BCUT2D eigenvalue weighted by Gasteiger charge is 2.15. The molecule has 0 aromatic carbocycles. The van der Waals surface area contributed by atoms with Crippen LogP contribution in [0, 0.1) is 0 Å². The molecule has 0 aliphatic rings. The summed E-state index contributed by atoms with van der Waals surface area (Å²) < 4.78 is 10.5. The molecule has 0 bridgehead atoms. The van der Waals surface area contributed by atoms with Crippen molar-refractivity contribution in [3.05, 3.63) is 48.6 Å². The lowest BCUT2D eigenvalue weighted by molar-refractivity contribution is -0.161. The van der Waals surface area contributed by atoms with Gasteiger partial charge in [0.05, 0.1) is 6.61 Å². The van der Waals surface area contributed by atoms with Gasteiger partial charge in [-0.2, -0.15) is 0 Å². The largest absolute Gasteiger partial charge is 0.462 e. The maximum absolute atomic E-state index is 12.1. The normalized spacial score (nSPS) is 12.7. The first-order chi connectivity index (χ1) is 21.1. The first kappa shape index (κ1) is 40.9. The van der Waals surface area contributed by atoms with E-state index in [0.717, 1.165) is 44.9 Å². The van der Waals surface area contributed by atoms with Crippen LogP contribution < -0.4 is 0 Å². The number of ether oxygens (including phenoxy) is 2. The van der Waals surface area contributed by atoms with Crippen molar-refractivity contribution >= 4 is 11.9 Å². The fourth-order valence-electron chi connectivity index (χ4n) is 4.66. The van der Waals surface area contributed by atoms with Crippen LogP contribution in [0.3, 0.4) is 0 Å². The number of unbranched alkanes of at least 4 members (excludes halogenated alkanes) is 15. The molecule has 0 fully saturated rings. The molecule has 0 spiro atoms. The van der Waals surface area contributed by atoms with Crippen molar-refractivity contribution in [3.8, 4) is 0 Å². The van der Waals surface area contributed by atoms with Crippen LogP contribution in [0.2, 0.25) is 0 Å². The number of carbonyl (C=O) groups is 2. The van der Waals surface area contributed by atoms with Gasteiger partial charge in [0.15, 0.2) is 6.10 Å². The standard InChI is InChI=1S/C38H66O5/c1-3-5-7-9-11-13-14-15-16-17-18-19-20-21-22-23-24-25-27-29-31-33-38(41)43-36(34-39)35-42-37(40)32-30-28-26-12-10-8-6-4-2/h16-17,19-20,22-23,25,27,36,39H,3-15,18,21,24,26,28-35H2,1-2H3/b17-16+,20-19+,23-22+,27-25+/t36-/m0/s1. The van der Waals surface area contributed by atoms with E-state index in [1.807, 2.05) is 0 Å². The summed E-state index contributed by atoms with van der Waals surface area (Å²) in [5.74, 6) is -0.664. The minimum atomic E-state index is -0.796. The van der Waals surface area contributed by atoms with Gasteiger partial charge in [-0.3, -0.25) is 9.59 Å². The molecule has 0 saturated carbocycles. The molecule has 248 valence electrons. The number of aliphatic hydroxyl groups excluding tert-OH is 1. The van der Waals surface area contributed by atoms with E-state index in [-0.39, 0.29) is 31.6 Å². The van der Waals surface area contributed by atoms with E-state index >= 15 is 0 Å². The van der Waals surface area contributed by atoms with Crippen molar-refractivity contribution in [1.82, 2.24) is 0 Å². The topological polar surface area (TPSA) is 72.8 Å². The predicted molar refractivity (Wildman–Crippen MR) is 182 cm³/mol. The highest BCUT2D eigenvalue weighted by Crippen LogP contribution is 2.11. The Morgan fingerprint density at radius 2 is 0.953 bits per heavy atom. The Morgan fingerprint density at radius 3 is 1.47 bits per heavy atom. The third-order valence-electron chi connectivity index (χ3n) is 7.38. The van der Waals surface area contributed by atoms with Gasteiger partial charge in [-0.15, -0.1) is 0 Å². The Balaban J connectivity index is 3.70. The minimum absolute atomic E-state index is 0.0878. The van der Waals surface area contributed by atoms with E-state index in [4.69, 9.17) is 9.47 Å². The average molecular weight is 603 g/mol. The van der Waals surface area contributed by atoms with Gasteiger partial charge in [-0.1, -0.05) is 146 Å². The predicted octanol–water partition coefficient (Wildman–Crippen LogP) is 10.7. The summed E-state index contributed by atoms with van der Waals surface area (Å²) in [5, 5.41) is 9.48. The Bertz CT molecular complexity index is 737. The third-order valence-corrected chi connectivity index (χ3v) is 7.38. The number of esters is 2. The quantitative estimate of drug-likeness (QED) is 0.0485. The molecule has 0 saturated heterocycles. The summed E-state index contributed by atoms with van der Waals surface area (Å²) in [7, 11) is 0. The number of hydrogen-bond donors (Lipinski definition) is 1. The van der Waals surface area contributed by atoms with Gasteiger partial charge >= 0.3 is 11.9 Å². The van der Waals surface area contributed by atoms with Gasteiger partial charge in [-0.05, 0) is 51.4 Å². The number of aliphatic hydroxyl groups is 1. The Labute approximate surface area is 265 Å². The van der Waals surface area contributed by atoms with Gasteiger partial charge in [0, 0.05) is 12.8 Å². The monoisotopic (exact) mass is 602 g/mol. The molecule has 1 N–H and O–H groups in total. The zero-order valence-electron chi connectivity index (χ0n) is 28.0. The number of carbonyl (C=O) groups excluding carboxylic acids is 2. The smallest absolute Gasteiger partial charge is 0.306 e. The first-order valence-corrected chi connectivity index (χ1v) is 17.7. The van der Waals surface area contributed by atoms with E-state index in [0.29, 0.717) is 12.8 Å². The minimum Gasteiger partial charge on any atom is -0.462 e. The zero-order chi connectivity index (χ0) is 31.5. The van der Waals surface area contributed by atoms with E-state index in [1.54, 1.807) is 0 Å². The van der Waals surface area contributed by atoms with E-state index in [2.05, 4.69) is 62.5 Å². The van der Waals surface area contributed by atoms with Gasteiger partial charge in [0.2, 0.25) is 0 Å². The molecule has 0 aromatic rings. The number of allylic oxidation sites excluding steroid dienone is 8. The first-order valence-electron chi connectivity index (χ1n) is 17.7. The van der Waals surface area contributed by atoms with Crippen LogP contribution in [0.25, 0.3) is 0 Å². The van der Waals surface area contributed by atoms with Crippen LogP contribution in [-0.4, -0.2) is 36.4 Å². The van der Waals surface area contributed by atoms with Crippen molar-refractivity contribution in [1.29, 1.82) is 0 Å². The number of rotatable bonds is 31. The van der Waals surface area contributed by atoms with Crippen LogP contribution >= 0.6 is 0 Å². The van der Waals surface area contributed by atoms with E-state index in [9.17, 15) is 14.7 Å². The fourth-order valence-corrected chi connectivity index (χ4v) is 4.66. The lowest BCUT2D eigenvalue weighted by Gasteiger charge is -2.15. The van der Waals surface area contributed by atoms with Crippen molar-refractivity contribution in [2.45, 2.75) is 168 Å². The summed E-state index contributed by atoms with van der Waals surface area (Å²) in [6, 6.07) is 0. The van der Waals surface area contributed by atoms with Crippen LogP contribution in [0.4, 0.5) is 0 Å². The molecule has 0 amide bonds. The molecule has 0 heterocycles. The second kappa shape index (κ2) is 34.4. The third kappa shape index (κ3) is 32.6. The molecular weight excluding hydrogens is 536 g/mol. The van der Waals surface area contributed by atoms with Crippen LogP contribution in [0.1, 0.15) is 162 Å². The van der Waals surface area contributed by atoms with Crippen LogP contribution in [0.15, 0.2) is 48.6 Å². The molecule has 0 radical (unpaired) electrons. The molecule has 0 aromatic heterocycles. The van der Waals surface area contributed by atoms with Crippen molar-refractivity contribution < 1.29 is 24.2 Å². The zero-order valence-corrected chi connectivity index (χ0v) is 28.0. The van der Waals surface area contributed by atoms with Crippen molar-refractivity contribution in [2.24, 2.45) is 0 Å². The molecule has 43 heavy (non-hydrogen) atoms. The van der Waals surface area contributed by atoms with Crippen LogP contribution in [0.5, 0.6) is 0 Å². The lowest BCUT2D eigenvalue weighted by Crippen LogP contribution is -2.28. The summed E-state index contributed by atoms with van der Waals surface area (Å²) in [6.07, 6.45) is 41.8. The number of hydrogen-bond acceptors (Lipinski definition) is 5. The Kier molecular flexibility index (Phi) is 32.6. The highest BCUT2D eigenvalue weighted by molar-refractivity contribution is 5.70. The average Bonchev–Trinajstić information content (AvgIpc) is 3.01. The van der Waals surface area contributed by atoms with Crippen molar-refractivity contribution in [2.75, 3.05) is 13.2 Å². The van der Waals surface area contributed by atoms with Crippen LogP contribution in [-0.2, 0) is 19.1 Å². The molecule has 0 aliphatic carbocycles. The summed E-state index contributed by atoms with van der Waals surface area (Å²) in [5.41, 5.74) is 0. The molecule has 0 rings (SSSR count). The van der Waals surface area contributed by atoms with Gasteiger partial charge in [-0.25, -0.2) is 0 Å². The second-order valence-corrected chi connectivity index (χ2v) is 11.6. The summed E-state index contributed by atoms with van der Waals surface area (Å²) in [4.78, 5) is 24.0. The molecule has 0 unspecified atom stereocenters. The Morgan fingerprint density at radius 1 is 0.535 bits per heavy atom. The van der Waals surface area contributed by atoms with E-state index in [1.165, 1.54) is 83.5 Å². The lowest BCUT2D eigenvalue weighted by atomic mass is 10.1. The van der Waals surface area contributed by atoms with Gasteiger partial charge in [0.1, 0.15) is 6.61 Å². The van der Waals surface area contributed by atoms with Gasteiger partial charge in [0.25, 0.3) is 0 Å². The SMILES string of the molecule is CCCCCCCCC/C=C/C/C=C/C/C=C/C/C=C/CCCC(=O)O[C@@H](CO)COC(=O)CCCCCCCCCC. The molecule has 5 heteroatoms. The fraction of sp³-hybridized carbons (Fsp3) is 0.737. The molecule has 0 aliphatic heterocycles. The van der Waals surface area contributed by atoms with E-state index < -0.39 is 6.10 Å². The second-order valence-electron chi connectivity index (χ2n) is 11.6. The molecule has 5 nitrogen and oxygen atoms in total. The Hall–Kier alpha value is -2.14. The summed E-state index contributed by atoms with van der Waals surface area (Å²) >= 11 is 0. The summed E-state index contributed by atoms with van der Waals surface area (Å²) in [6.45, 7) is 4.04. The molecular formula is C38H66O5. The maximum atomic E-state index is 12.1. The highest BCUT2D eigenvalue weighted by atomic mass is 16.6.